The lowest BCUT2D eigenvalue weighted by atomic mass is 10.0. The van der Waals surface area contributed by atoms with E-state index in [2.05, 4.69) is 41.7 Å². The number of phenolic OH excluding ortho intramolecular Hbond substituents is 2. The van der Waals surface area contributed by atoms with Crippen molar-refractivity contribution in [3.63, 3.8) is 0 Å². The fourth-order valence-electron chi connectivity index (χ4n) is 6.73. The molecule has 0 aromatic heterocycles. The number of hydrogen-bond acceptors (Lipinski definition) is 11. The van der Waals surface area contributed by atoms with Crippen LogP contribution in [0.3, 0.4) is 0 Å². The Morgan fingerprint density at radius 1 is 0.471 bits per heavy atom. The van der Waals surface area contributed by atoms with Gasteiger partial charge in [0.2, 0.25) is 0 Å². The Balaban J connectivity index is 0.863. The number of hydrogen-bond donors (Lipinski definition) is 6. The number of carbonyl (C=O) groups is 5. The molecular formula is C51H34Cl2N8O7. The number of ketones is 1. The number of benzene rings is 8. The van der Waals surface area contributed by atoms with E-state index in [1.54, 1.807) is 140 Å². The van der Waals surface area contributed by atoms with Crippen LogP contribution < -0.4 is 21.3 Å². The summed E-state index contributed by atoms with van der Waals surface area (Å²) in [5.41, 5.74) is 3.57. The molecule has 0 radical (unpaired) electrons. The predicted molar refractivity (Wildman–Crippen MR) is 262 cm³/mol. The van der Waals surface area contributed by atoms with Crippen LogP contribution in [-0.4, -0.2) is 39.9 Å². The monoisotopic (exact) mass is 940 g/mol. The molecule has 0 atom stereocenters. The molecule has 17 heteroatoms. The van der Waals surface area contributed by atoms with Gasteiger partial charge in [-0.25, -0.2) is 9.59 Å². The number of rotatable bonds is 11. The van der Waals surface area contributed by atoms with E-state index in [9.17, 15) is 34.2 Å². The maximum absolute atomic E-state index is 13.0. The fraction of sp³-hybridized carbons (Fsp3) is 0. The van der Waals surface area contributed by atoms with Crippen LogP contribution >= 0.6 is 23.2 Å². The van der Waals surface area contributed by atoms with Gasteiger partial charge in [-0.05, 0) is 132 Å². The van der Waals surface area contributed by atoms with Gasteiger partial charge in [0.1, 0.15) is 22.9 Å². The average molecular weight is 942 g/mol. The number of azo groups is 2. The lowest BCUT2D eigenvalue weighted by Crippen LogP contribution is -2.34. The van der Waals surface area contributed by atoms with Crippen molar-refractivity contribution in [3.05, 3.63) is 196 Å². The molecule has 0 aliphatic heterocycles. The molecule has 68 heavy (non-hydrogen) atoms. The maximum atomic E-state index is 13.0. The van der Waals surface area contributed by atoms with E-state index in [1.807, 2.05) is 0 Å². The quantitative estimate of drug-likeness (QED) is 0.0417. The Bertz CT molecular complexity index is 3400. The predicted octanol–water partition coefficient (Wildman–Crippen LogP) is 13.4. The number of fused-ring (bicyclic) bond motifs is 2. The van der Waals surface area contributed by atoms with Gasteiger partial charge in [0, 0.05) is 48.9 Å². The van der Waals surface area contributed by atoms with Crippen molar-refractivity contribution in [2.24, 2.45) is 20.5 Å². The number of allylic oxidation sites excluding steroid dienone is 1. The van der Waals surface area contributed by atoms with E-state index in [0.717, 1.165) is 0 Å². The molecule has 0 spiro atoms. The number of amides is 6. The summed E-state index contributed by atoms with van der Waals surface area (Å²) >= 11 is 11.9. The Hall–Kier alpha value is -9.05. The minimum absolute atomic E-state index is 0.128. The van der Waals surface area contributed by atoms with Crippen LogP contribution in [0.25, 0.3) is 27.6 Å². The lowest BCUT2D eigenvalue weighted by Gasteiger charge is -2.09. The van der Waals surface area contributed by atoms with Crippen LogP contribution in [0.2, 0.25) is 10.0 Å². The van der Waals surface area contributed by atoms with E-state index < -0.39 is 23.9 Å². The third-order valence-corrected chi connectivity index (χ3v) is 10.6. The molecule has 8 aromatic carbocycles. The van der Waals surface area contributed by atoms with Crippen molar-refractivity contribution in [2.45, 2.75) is 0 Å². The van der Waals surface area contributed by atoms with Crippen LogP contribution in [0.5, 0.6) is 11.5 Å². The number of urea groups is 2. The molecule has 0 saturated carbocycles. The molecule has 8 rings (SSSR count). The smallest absolute Gasteiger partial charge is 0.326 e. The first-order valence-corrected chi connectivity index (χ1v) is 21.1. The molecule has 334 valence electrons. The first-order chi connectivity index (χ1) is 32.8. The SMILES string of the molecule is O=C(NC(=O)c1ccc2c(N=Nc3ccc(C=CC(=O)c4ccc(N=Nc5c(O)ccc6cc(C(=O)NC(=O)Nc7cccc(Cl)c7)ccc56)cc4)cc3)c(O)ccc2c1)Nc1cccc(Cl)c1. The minimum Gasteiger partial charge on any atom is -0.506 e. The number of imide groups is 2. The molecule has 0 bridgehead atoms. The van der Waals surface area contributed by atoms with Gasteiger partial charge in [0.05, 0.1) is 11.4 Å². The Morgan fingerprint density at radius 2 is 0.912 bits per heavy atom. The van der Waals surface area contributed by atoms with Gasteiger partial charge in [-0.15, -0.1) is 10.2 Å². The Kier molecular flexibility index (Phi) is 13.7. The van der Waals surface area contributed by atoms with Crippen molar-refractivity contribution < 1.29 is 34.2 Å². The second-order valence-corrected chi connectivity index (χ2v) is 15.7. The van der Waals surface area contributed by atoms with Crippen molar-refractivity contribution in [2.75, 3.05) is 10.6 Å². The largest absolute Gasteiger partial charge is 0.506 e. The van der Waals surface area contributed by atoms with Crippen molar-refractivity contribution in [1.29, 1.82) is 0 Å². The number of nitrogens with zero attached hydrogens (tertiary/aromatic N) is 4. The first-order valence-electron chi connectivity index (χ1n) is 20.4. The van der Waals surface area contributed by atoms with Crippen LogP contribution in [0.1, 0.15) is 36.6 Å². The number of halogens is 2. The van der Waals surface area contributed by atoms with Gasteiger partial charge in [0.15, 0.2) is 5.78 Å². The third-order valence-electron chi connectivity index (χ3n) is 10.1. The van der Waals surface area contributed by atoms with Crippen molar-refractivity contribution in [3.8, 4) is 11.5 Å². The third kappa shape index (κ3) is 11.2. The summed E-state index contributed by atoms with van der Waals surface area (Å²) in [6.45, 7) is 0. The van der Waals surface area contributed by atoms with E-state index in [4.69, 9.17) is 23.2 Å². The van der Waals surface area contributed by atoms with E-state index in [1.165, 1.54) is 30.3 Å². The molecule has 0 heterocycles. The minimum atomic E-state index is -0.735. The zero-order valence-electron chi connectivity index (χ0n) is 35.1. The summed E-state index contributed by atoms with van der Waals surface area (Å²) in [5, 5.41) is 51.0. The number of phenols is 2. The summed E-state index contributed by atoms with van der Waals surface area (Å²) in [7, 11) is 0. The van der Waals surface area contributed by atoms with E-state index in [-0.39, 0.29) is 39.8 Å². The summed E-state index contributed by atoms with van der Waals surface area (Å²) in [6, 6.07) is 40.2. The molecule has 0 saturated heterocycles. The topological polar surface area (TPSA) is 223 Å². The van der Waals surface area contributed by atoms with Crippen molar-refractivity contribution >= 4 is 115 Å². The fourth-order valence-corrected chi connectivity index (χ4v) is 7.11. The molecule has 0 fully saturated rings. The van der Waals surface area contributed by atoms with Crippen LogP contribution in [-0.2, 0) is 0 Å². The normalized spacial score (nSPS) is 11.3. The van der Waals surface area contributed by atoms with E-state index >= 15 is 0 Å². The summed E-state index contributed by atoms with van der Waals surface area (Å²) in [5.74, 6) is -1.82. The summed E-state index contributed by atoms with van der Waals surface area (Å²) in [4.78, 5) is 63.5. The second kappa shape index (κ2) is 20.4. The number of aromatic hydroxyl groups is 2. The van der Waals surface area contributed by atoms with Crippen molar-refractivity contribution in [1.82, 2.24) is 10.6 Å². The Morgan fingerprint density at radius 3 is 1.37 bits per heavy atom. The maximum Gasteiger partial charge on any atom is 0.326 e. The van der Waals surface area contributed by atoms with Gasteiger partial charge in [-0.1, -0.05) is 77.8 Å². The highest BCUT2D eigenvalue weighted by molar-refractivity contribution is 6.31. The van der Waals surface area contributed by atoms with Gasteiger partial charge < -0.3 is 20.8 Å². The number of carbonyl (C=O) groups excluding carboxylic acids is 5. The van der Waals surface area contributed by atoms with Gasteiger partial charge in [-0.2, -0.15) is 10.2 Å². The lowest BCUT2D eigenvalue weighted by molar-refractivity contribution is 0.0957. The van der Waals surface area contributed by atoms with Crippen LogP contribution in [0.4, 0.5) is 43.7 Å². The molecule has 8 aromatic rings. The highest BCUT2D eigenvalue weighted by Crippen LogP contribution is 2.38. The summed E-state index contributed by atoms with van der Waals surface area (Å²) < 4.78 is 0. The Labute approximate surface area is 396 Å². The molecule has 0 unspecified atom stereocenters. The van der Waals surface area contributed by atoms with Crippen LogP contribution in [0, 0.1) is 0 Å². The molecule has 0 aliphatic rings. The van der Waals surface area contributed by atoms with Gasteiger partial charge in [0.25, 0.3) is 11.8 Å². The highest BCUT2D eigenvalue weighted by atomic mass is 35.5. The number of anilines is 2. The number of nitrogens with one attached hydrogen (secondary N) is 4. The summed E-state index contributed by atoms with van der Waals surface area (Å²) in [6.07, 6.45) is 3.08. The first kappa shape index (κ1) is 45.5. The average Bonchev–Trinajstić information content (AvgIpc) is 3.32. The molecule has 6 amide bonds. The molecule has 6 N–H and O–H groups in total. The van der Waals surface area contributed by atoms with E-state index in [0.29, 0.717) is 65.5 Å². The molecular weight excluding hydrogens is 908 g/mol. The van der Waals surface area contributed by atoms with Gasteiger partial charge >= 0.3 is 12.1 Å². The standard InChI is InChI=1S/C51H34Cl2N8O7/c52-35-3-1-5-39(27-35)54-50(67)56-48(65)33-12-20-41-31(25-33)14-23-44(63)46(41)60-58-37-16-7-29(8-17-37)9-22-43(62)30-10-18-38(19-11-30)59-61-47-42-21-13-34(26-32(42)15-24-45(47)64)49(66)57-51(68)55-40-6-2-4-36(53)28-40/h1-28,63-64H,(H2,54,56,65,67)(H2,55,57,66,68). The van der Waals surface area contributed by atoms with Gasteiger partial charge in [-0.3, -0.25) is 25.0 Å². The zero-order valence-corrected chi connectivity index (χ0v) is 36.7. The van der Waals surface area contributed by atoms with Crippen LogP contribution in [0.15, 0.2) is 184 Å². The highest BCUT2D eigenvalue weighted by Gasteiger charge is 2.16. The molecule has 0 aliphatic carbocycles. The molecule has 15 nitrogen and oxygen atoms in total. The second-order valence-electron chi connectivity index (χ2n) is 14.8. The zero-order chi connectivity index (χ0) is 47.7.